The van der Waals surface area contributed by atoms with E-state index in [4.69, 9.17) is 9.47 Å². The van der Waals surface area contributed by atoms with Gasteiger partial charge in [-0.15, -0.1) is 0 Å². The Morgan fingerprint density at radius 1 is 1.35 bits per heavy atom. The summed E-state index contributed by atoms with van der Waals surface area (Å²) in [6, 6.07) is 5.10. The van der Waals surface area contributed by atoms with Crippen molar-refractivity contribution in [3.05, 3.63) is 35.9 Å². The van der Waals surface area contributed by atoms with Crippen molar-refractivity contribution < 1.29 is 14.3 Å². The molecule has 0 fully saturated rings. The van der Waals surface area contributed by atoms with Gasteiger partial charge in [0, 0.05) is 7.05 Å². The van der Waals surface area contributed by atoms with Crippen molar-refractivity contribution in [2.24, 2.45) is 0 Å². The number of rotatable bonds is 5. The molecule has 2 aromatic rings. The predicted molar refractivity (Wildman–Crippen MR) is 71.7 cm³/mol. The number of aromatic nitrogens is 3. The first kappa shape index (κ1) is 13.9. The zero-order valence-electron chi connectivity index (χ0n) is 11.6. The van der Waals surface area contributed by atoms with Crippen LogP contribution in [-0.4, -0.2) is 47.3 Å². The molecule has 0 aliphatic rings. The third-order valence-electron chi connectivity index (χ3n) is 2.84. The number of nitrogens with one attached hydrogen (secondary N) is 1. The van der Waals surface area contributed by atoms with Crippen LogP contribution < -0.4 is 9.47 Å². The lowest BCUT2D eigenvalue weighted by atomic mass is 10.1. The van der Waals surface area contributed by atoms with E-state index in [0.29, 0.717) is 29.4 Å². The van der Waals surface area contributed by atoms with Crippen molar-refractivity contribution in [2.75, 3.05) is 21.3 Å². The molecule has 0 aliphatic heterocycles. The van der Waals surface area contributed by atoms with Crippen molar-refractivity contribution in [1.29, 1.82) is 0 Å². The van der Waals surface area contributed by atoms with E-state index >= 15 is 0 Å². The van der Waals surface area contributed by atoms with Crippen molar-refractivity contribution in [3.63, 3.8) is 0 Å². The van der Waals surface area contributed by atoms with Gasteiger partial charge in [-0.2, -0.15) is 5.10 Å². The highest BCUT2D eigenvalue weighted by molar-refractivity contribution is 5.97. The van der Waals surface area contributed by atoms with Gasteiger partial charge in [0.1, 0.15) is 23.7 Å². The molecule has 1 aromatic heterocycles. The number of carbonyl (C=O) groups excluding carboxylic acids is 1. The highest BCUT2D eigenvalue weighted by Crippen LogP contribution is 2.25. The average Bonchev–Trinajstić information content (AvgIpc) is 2.98. The minimum atomic E-state index is -0.183. The molecule has 0 spiro atoms. The van der Waals surface area contributed by atoms with Crippen LogP contribution >= 0.6 is 0 Å². The van der Waals surface area contributed by atoms with Crippen molar-refractivity contribution in [2.45, 2.75) is 6.54 Å². The molecule has 7 heteroatoms. The van der Waals surface area contributed by atoms with Crippen LogP contribution in [0.1, 0.15) is 16.2 Å². The van der Waals surface area contributed by atoms with Crippen molar-refractivity contribution in [1.82, 2.24) is 20.1 Å². The molecule has 0 atom stereocenters. The van der Waals surface area contributed by atoms with E-state index in [-0.39, 0.29) is 5.91 Å². The molecule has 0 unspecified atom stereocenters. The zero-order chi connectivity index (χ0) is 14.5. The van der Waals surface area contributed by atoms with Crippen LogP contribution in [0.2, 0.25) is 0 Å². The van der Waals surface area contributed by atoms with E-state index in [1.807, 2.05) is 0 Å². The van der Waals surface area contributed by atoms with Crippen molar-refractivity contribution >= 4 is 5.91 Å². The Balaban J connectivity index is 2.22. The number of ether oxygens (including phenoxy) is 2. The monoisotopic (exact) mass is 276 g/mol. The van der Waals surface area contributed by atoms with Gasteiger partial charge in [-0.3, -0.25) is 9.89 Å². The summed E-state index contributed by atoms with van der Waals surface area (Å²) in [5.74, 6) is 1.53. The second-order valence-corrected chi connectivity index (χ2v) is 4.16. The van der Waals surface area contributed by atoms with E-state index < -0.39 is 0 Å². The molecule has 0 aliphatic carbocycles. The minimum absolute atomic E-state index is 0.183. The summed E-state index contributed by atoms with van der Waals surface area (Å²) in [6.07, 6.45) is 1.40. The molecule has 20 heavy (non-hydrogen) atoms. The Labute approximate surface area is 116 Å². The number of nitrogens with zero attached hydrogens (tertiary/aromatic N) is 3. The van der Waals surface area contributed by atoms with Gasteiger partial charge in [-0.05, 0) is 18.2 Å². The fraction of sp³-hybridized carbons (Fsp3) is 0.308. The number of hydrogen-bond donors (Lipinski definition) is 1. The minimum Gasteiger partial charge on any atom is -0.497 e. The normalized spacial score (nSPS) is 10.2. The number of carbonyl (C=O) groups is 1. The standard InChI is InChI=1S/C13H16N4O3/c1-17(7-12-14-8-15-16-12)13(18)10-6-9(19-2)4-5-11(10)20-3/h4-6,8H,7H2,1-3H3,(H,14,15,16). The van der Waals surface area contributed by atoms with Crippen LogP contribution in [0.15, 0.2) is 24.5 Å². The Morgan fingerprint density at radius 2 is 2.15 bits per heavy atom. The lowest BCUT2D eigenvalue weighted by Crippen LogP contribution is -2.27. The number of H-pyrrole nitrogens is 1. The van der Waals surface area contributed by atoms with E-state index in [2.05, 4.69) is 15.2 Å². The lowest BCUT2D eigenvalue weighted by molar-refractivity contribution is 0.0778. The van der Waals surface area contributed by atoms with Gasteiger partial charge in [0.25, 0.3) is 5.91 Å². The molecule has 7 nitrogen and oxygen atoms in total. The van der Waals surface area contributed by atoms with Crippen LogP contribution in [0.4, 0.5) is 0 Å². The summed E-state index contributed by atoms with van der Waals surface area (Å²) < 4.78 is 10.3. The quantitative estimate of drug-likeness (QED) is 0.884. The summed E-state index contributed by atoms with van der Waals surface area (Å²) in [7, 11) is 4.76. The largest absolute Gasteiger partial charge is 0.497 e. The van der Waals surface area contributed by atoms with Crippen LogP contribution in [0.3, 0.4) is 0 Å². The van der Waals surface area contributed by atoms with Gasteiger partial charge in [0.2, 0.25) is 0 Å². The lowest BCUT2D eigenvalue weighted by Gasteiger charge is -2.17. The second-order valence-electron chi connectivity index (χ2n) is 4.16. The average molecular weight is 276 g/mol. The van der Waals surface area contributed by atoms with Crippen molar-refractivity contribution in [3.8, 4) is 11.5 Å². The SMILES string of the molecule is COc1ccc(OC)c(C(=O)N(C)Cc2ncn[nH]2)c1. The molecule has 2 rings (SSSR count). The maximum absolute atomic E-state index is 12.4. The fourth-order valence-electron chi connectivity index (χ4n) is 1.79. The number of benzene rings is 1. The number of methoxy groups -OCH3 is 2. The van der Waals surface area contributed by atoms with Crippen LogP contribution in [0.25, 0.3) is 0 Å². The third kappa shape index (κ3) is 2.87. The predicted octanol–water partition coefficient (Wildman–Crippen LogP) is 1.09. The fourth-order valence-corrected chi connectivity index (χ4v) is 1.79. The topological polar surface area (TPSA) is 80.3 Å². The first-order valence-electron chi connectivity index (χ1n) is 5.97. The Morgan fingerprint density at radius 3 is 2.75 bits per heavy atom. The van der Waals surface area contributed by atoms with Crippen LogP contribution in [0.5, 0.6) is 11.5 Å². The summed E-state index contributed by atoms with van der Waals surface area (Å²) in [5, 5.41) is 6.46. The van der Waals surface area contributed by atoms with E-state index in [1.54, 1.807) is 32.4 Å². The molecule has 0 bridgehead atoms. The first-order valence-corrected chi connectivity index (χ1v) is 5.97. The van der Waals surface area contributed by atoms with Crippen LogP contribution in [-0.2, 0) is 6.54 Å². The molecule has 1 aromatic carbocycles. The maximum Gasteiger partial charge on any atom is 0.257 e. The summed E-state index contributed by atoms with van der Waals surface area (Å²) >= 11 is 0. The Kier molecular flexibility index (Phi) is 4.19. The first-order chi connectivity index (χ1) is 9.65. The van der Waals surface area contributed by atoms with E-state index in [1.165, 1.54) is 18.3 Å². The maximum atomic E-state index is 12.4. The highest BCUT2D eigenvalue weighted by Gasteiger charge is 2.18. The summed E-state index contributed by atoms with van der Waals surface area (Å²) in [4.78, 5) is 18.0. The molecule has 0 saturated carbocycles. The molecule has 0 radical (unpaired) electrons. The molecule has 1 amide bonds. The van der Waals surface area contributed by atoms with Gasteiger partial charge >= 0.3 is 0 Å². The molecule has 0 saturated heterocycles. The molecule has 1 N–H and O–H groups in total. The number of aromatic amines is 1. The molecule has 1 heterocycles. The molecular weight excluding hydrogens is 260 g/mol. The zero-order valence-corrected chi connectivity index (χ0v) is 11.6. The van der Waals surface area contributed by atoms with E-state index in [9.17, 15) is 4.79 Å². The van der Waals surface area contributed by atoms with Gasteiger partial charge in [0.15, 0.2) is 0 Å². The number of amides is 1. The van der Waals surface area contributed by atoms with Gasteiger partial charge in [0.05, 0.1) is 26.3 Å². The molecule has 106 valence electrons. The van der Waals surface area contributed by atoms with E-state index in [0.717, 1.165) is 0 Å². The smallest absolute Gasteiger partial charge is 0.257 e. The summed E-state index contributed by atoms with van der Waals surface area (Å²) in [5.41, 5.74) is 0.439. The van der Waals surface area contributed by atoms with Crippen LogP contribution in [0, 0.1) is 0 Å². The van der Waals surface area contributed by atoms with Gasteiger partial charge < -0.3 is 14.4 Å². The highest BCUT2D eigenvalue weighted by atomic mass is 16.5. The summed E-state index contributed by atoms with van der Waals surface area (Å²) in [6.45, 7) is 0.333. The number of hydrogen-bond acceptors (Lipinski definition) is 5. The third-order valence-corrected chi connectivity index (χ3v) is 2.84. The molecular formula is C13H16N4O3. The van der Waals surface area contributed by atoms with Gasteiger partial charge in [-0.1, -0.05) is 0 Å². The van der Waals surface area contributed by atoms with Gasteiger partial charge in [-0.25, -0.2) is 4.98 Å². The second kappa shape index (κ2) is 6.05. The Hall–Kier alpha value is -2.57. The Bertz CT molecular complexity index is 583.